The van der Waals surface area contributed by atoms with Gasteiger partial charge < -0.3 is 14.8 Å². The van der Waals surface area contributed by atoms with E-state index in [-0.39, 0.29) is 18.0 Å². The Morgan fingerprint density at radius 1 is 1.18 bits per heavy atom. The van der Waals surface area contributed by atoms with Crippen LogP contribution in [0.25, 0.3) is 0 Å². The minimum Gasteiger partial charge on any atom is -0.349 e. The van der Waals surface area contributed by atoms with Gasteiger partial charge in [-0.05, 0) is 30.2 Å². The van der Waals surface area contributed by atoms with E-state index in [4.69, 9.17) is 9.47 Å². The number of nitrogens with one attached hydrogen (secondary N) is 1. The van der Waals surface area contributed by atoms with Gasteiger partial charge in [0, 0.05) is 6.54 Å². The summed E-state index contributed by atoms with van der Waals surface area (Å²) >= 11 is 0. The lowest BCUT2D eigenvalue weighted by Gasteiger charge is -2.34. The van der Waals surface area contributed by atoms with E-state index >= 15 is 0 Å². The molecular formula is C18H20FNO2. The summed E-state index contributed by atoms with van der Waals surface area (Å²) in [6.45, 7) is 3.30. The van der Waals surface area contributed by atoms with Crippen LogP contribution in [0.15, 0.2) is 54.6 Å². The van der Waals surface area contributed by atoms with Gasteiger partial charge in [-0.3, -0.25) is 0 Å². The fraction of sp³-hybridized carbons (Fsp3) is 0.333. The summed E-state index contributed by atoms with van der Waals surface area (Å²) in [5.74, 6) is -0.254. The summed E-state index contributed by atoms with van der Waals surface area (Å²) in [5.41, 5.74) is 1.93. The number of benzene rings is 2. The molecule has 0 amide bonds. The quantitative estimate of drug-likeness (QED) is 0.936. The van der Waals surface area contributed by atoms with Crippen molar-refractivity contribution >= 4 is 0 Å². The van der Waals surface area contributed by atoms with Crippen molar-refractivity contribution in [2.24, 2.45) is 0 Å². The summed E-state index contributed by atoms with van der Waals surface area (Å²) in [5, 5.41) is 3.43. The van der Waals surface area contributed by atoms with Gasteiger partial charge in [0.05, 0.1) is 18.8 Å². The van der Waals surface area contributed by atoms with Crippen molar-refractivity contribution in [1.82, 2.24) is 5.32 Å². The number of hydrogen-bond acceptors (Lipinski definition) is 3. The number of rotatable bonds is 4. The molecule has 1 fully saturated rings. The molecule has 3 nitrogen and oxygen atoms in total. The lowest BCUT2D eigenvalue weighted by Crippen LogP contribution is -2.43. The standard InChI is InChI=1S/C18H20FNO2/c1-13(15-8-5-9-16(19)12-15)22-18-17(20-10-11-21-18)14-6-3-2-4-7-14/h2-9,12-13,17-18,20H,10-11H2,1H3/t13-,17+,18-/m1/s1. The molecule has 4 heteroatoms. The van der Waals surface area contributed by atoms with E-state index in [2.05, 4.69) is 17.4 Å². The molecule has 1 aliphatic rings. The zero-order chi connectivity index (χ0) is 15.4. The Morgan fingerprint density at radius 3 is 2.77 bits per heavy atom. The Labute approximate surface area is 130 Å². The van der Waals surface area contributed by atoms with Crippen LogP contribution in [-0.4, -0.2) is 19.4 Å². The molecule has 0 aliphatic carbocycles. The zero-order valence-electron chi connectivity index (χ0n) is 12.5. The van der Waals surface area contributed by atoms with Crippen molar-refractivity contribution in [2.75, 3.05) is 13.2 Å². The highest BCUT2D eigenvalue weighted by atomic mass is 19.1. The Morgan fingerprint density at radius 2 is 2.00 bits per heavy atom. The van der Waals surface area contributed by atoms with Gasteiger partial charge in [0.15, 0.2) is 6.29 Å². The van der Waals surface area contributed by atoms with Crippen LogP contribution in [0.3, 0.4) is 0 Å². The highest BCUT2D eigenvalue weighted by Crippen LogP contribution is 2.28. The average molecular weight is 301 g/mol. The SMILES string of the molecule is C[C@@H](O[C@H]1OCCN[C@H]1c1ccccc1)c1cccc(F)c1. The minimum absolute atomic E-state index is 0.0223. The van der Waals surface area contributed by atoms with Crippen LogP contribution in [-0.2, 0) is 9.47 Å². The van der Waals surface area contributed by atoms with Gasteiger partial charge in [-0.1, -0.05) is 42.5 Å². The zero-order valence-corrected chi connectivity index (χ0v) is 12.5. The molecule has 1 N–H and O–H groups in total. The van der Waals surface area contributed by atoms with Gasteiger partial charge in [0.1, 0.15) is 5.82 Å². The monoisotopic (exact) mass is 301 g/mol. The first-order valence-electron chi connectivity index (χ1n) is 7.55. The predicted octanol–water partition coefficient (Wildman–Crippen LogP) is 3.59. The summed E-state index contributed by atoms with van der Waals surface area (Å²) in [6, 6.07) is 16.5. The molecule has 3 rings (SSSR count). The van der Waals surface area contributed by atoms with Crippen LogP contribution in [0.4, 0.5) is 4.39 Å². The number of hydrogen-bond donors (Lipinski definition) is 1. The normalized spacial score (nSPS) is 23.2. The summed E-state index contributed by atoms with van der Waals surface area (Å²) in [7, 11) is 0. The molecule has 1 heterocycles. The van der Waals surface area contributed by atoms with Crippen molar-refractivity contribution in [2.45, 2.75) is 25.4 Å². The van der Waals surface area contributed by atoms with Crippen molar-refractivity contribution < 1.29 is 13.9 Å². The summed E-state index contributed by atoms with van der Waals surface area (Å²) < 4.78 is 25.2. The maximum Gasteiger partial charge on any atom is 0.177 e. The highest BCUT2D eigenvalue weighted by Gasteiger charge is 2.29. The lowest BCUT2D eigenvalue weighted by atomic mass is 10.1. The smallest absolute Gasteiger partial charge is 0.177 e. The first kappa shape index (κ1) is 15.2. The van der Waals surface area contributed by atoms with Gasteiger partial charge in [-0.15, -0.1) is 0 Å². The van der Waals surface area contributed by atoms with E-state index in [1.54, 1.807) is 6.07 Å². The first-order valence-corrected chi connectivity index (χ1v) is 7.55. The van der Waals surface area contributed by atoms with E-state index in [0.29, 0.717) is 6.61 Å². The van der Waals surface area contributed by atoms with Gasteiger partial charge in [0.25, 0.3) is 0 Å². The average Bonchev–Trinajstić information content (AvgIpc) is 2.56. The summed E-state index contributed by atoms with van der Waals surface area (Å²) in [6.07, 6.45) is -0.638. The molecule has 2 aromatic rings. The fourth-order valence-electron chi connectivity index (χ4n) is 2.67. The van der Waals surface area contributed by atoms with Gasteiger partial charge in [-0.2, -0.15) is 0 Å². The maximum atomic E-state index is 13.3. The van der Waals surface area contributed by atoms with Crippen LogP contribution in [0.1, 0.15) is 30.2 Å². The van der Waals surface area contributed by atoms with E-state index in [1.165, 1.54) is 12.1 Å². The second kappa shape index (κ2) is 7.01. The first-order chi connectivity index (χ1) is 10.7. The number of morpholine rings is 1. The second-order valence-corrected chi connectivity index (χ2v) is 5.41. The Kier molecular flexibility index (Phi) is 4.83. The summed E-state index contributed by atoms with van der Waals surface area (Å²) in [4.78, 5) is 0. The molecule has 0 radical (unpaired) electrons. The molecule has 116 valence electrons. The third-order valence-electron chi connectivity index (χ3n) is 3.84. The minimum atomic E-state index is -0.394. The lowest BCUT2D eigenvalue weighted by molar-refractivity contribution is -0.200. The molecule has 1 aliphatic heterocycles. The van der Waals surface area contributed by atoms with Crippen molar-refractivity contribution in [3.63, 3.8) is 0 Å². The Hall–Kier alpha value is -1.75. The van der Waals surface area contributed by atoms with Gasteiger partial charge >= 0.3 is 0 Å². The fourth-order valence-corrected chi connectivity index (χ4v) is 2.67. The van der Waals surface area contributed by atoms with Gasteiger partial charge in [-0.25, -0.2) is 4.39 Å². The third kappa shape index (κ3) is 3.53. The van der Waals surface area contributed by atoms with Crippen LogP contribution >= 0.6 is 0 Å². The molecule has 0 bridgehead atoms. The van der Waals surface area contributed by atoms with Crippen molar-refractivity contribution in [3.8, 4) is 0 Å². The predicted molar refractivity (Wildman–Crippen MR) is 82.8 cm³/mol. The second-order valence-electron chi connectivity index (χ2n) is 5.41. The molecular weight excluding hydrogens is 281 g/mol. The number of halogens is 1. The molecule has 22 heavy (non-hydrogen) atoms. The van der Waals surface area contributed by atoms with Crippen LogP contribution in [0, 0.1) is 5.82 Å². The number of ether oxygens (including phenoxy) is 2. The van der Waals surface area contributed by atoms with Crippen LogP contribution in [0.2, 0.25) is 0 Å². The molecule has 2 aromatic carbocycles. The van der Waals surface area contributed by atoms with E-state index in [1.807, 2.05) is 31.2 Å². The van der Waals surface area contributed by atoms with E-state index < -0.39 is 6.29 Å². The molecule has 0 saturated carbocycles. The Bertz CT molecular complexity index is 605. The van der Waals surface area contributed by atoms with Crippen molar-refractivity contribution in [1.29, 1.82) is 0 Å². The van der Waals surface area contributed by atoms with Gasteiger partial charge in [0.2, 0.25) is 0 Å². The maximum absolute atomic E-state index is 13.3. The van der Waals surface area contributed by atoms with E-state index in [9.17, 15) is 4.39 Å². The van der Waals surface area contributed by atoms with Crippen LogP contribution < -0.4 is 5.32 Å². The molecule has 0 unspecified atom stereocenters. The molecule has 0 aromatic heterocycles. The molecule has 1 saturated heterocycles. The largest absolute Gasteiger partial charge is 0.349 e. The van der Waals surface area contributed by atoms with Crippen LogP contribution in [0.5, 0.6) is 0 Å². The van der Waals surface area contributed by atoms with Crippen molar-refractivity contribution in [3.05, 3.63) is 71.5 Å². The third-order valence-corrected chi connectivity index (χ3v) is 3.84. The molecule has 3 atom stereocenters. The highest BCUT2D eigenvalue weighted by molar-refractivity contribution is 5.21. The Balaban J connectivity index is 1.74. The molecule has 0 spiro atoms. The van der Waals surface area contributed by atoms with E-state index in [0.717, 1.165) is 17.7 Å². The topological polar surface area (TPSA) is 30.5 Å².